The van der Waals surface area contributed by atoms with Gasteiger partial charge in [-0.15, -0.1) is 0 Å². The monoisotopic (exact) mass is 460 g/mol. The van der Waals surface area contributed by atoms with Crippen molar-refractivity contribution < 1.29 is 4.74 Å². The second-order valence-corrected chi connectivity index (χ2v) is 9.33. The van der Waals surface area contributed by atoms with Crippen LogP contribution in [-0.4, -0.2) is 32.0 Å². The van der Waals surface area contributed by atoms with Gasteiger partial charge in [-0.1, -0.05) is 35.9 Å². The molecule has 6 nitrogen and oxygen atoms in total. The minimum Gasteiger partial charge on any atom is -0.493 e. The van der Waals surface area contributed by atoms with E-state index in [-0.39, 0.29) is 5.56 Å². The molecule has 0 N–H and O–H groups in total. The van der Waals surface area contributed by atoms with Crippen LogP contribution in [0.15, 0.2) is 59.7 Å². The lowest BCUT2D eigenvalue weighted by Crippen LogP contribution is -2.38. The van der Waals surface area contributed by atoms with Crippen molar-refractivity contribution in [2.75, 3.05) is 13.2 Å². The summed E-state index contributed by atoms with van der Waals surface area (Å²) in [6, 6.07) is 14.2. The maximum atomic E-state index is 13.7. The van der Waals surface area contributed by atoms with E-state index >= 15 is 0 Å². The first-order valence-corrected chi connectivity index (χ1v) is 11.8. The Labute approximate surface area is 197 Å². The summed E-state index contributed by atoms with van der Waals surface area (Å²) in [6.45, 7) is 3.55. The fourth-order valence-corrected chi connectivity index (χ4v) is 5.30. The zero-order valence-corrected chi connectivity index (χ0v) is 19.1. The van der Waals surface area contributed by atoms with Gasteiger partial charge in [0.1, 0.15) is 5.75 Å². The van der Waals surface area contributed by atoms with Crippen molar-refractivity contribution in [1.29, 1.82) is 0 Å². The van der Waals surface area contributed by atoms with Crippen LogP contribution in [0.4, 0.5) is 0 Å². The van der Waals surface area contributed by atoms with E-state index in [1.807, 2.05) is 35.0 Å². The third-order valence-corrected chi connectivity index (χ3v) is 6.90. The highest BCUT2D eigenvalue weighted by Gasteiger charge is 2.24. The van der Waals surface area contributed by atoms with Gasteiger partial charge in [-0.05, 0) is 47.7 Å². The van der Waals surface area contributed by atoms with Crippen LogP contribution in [0.3, 0.4) is 0 Å². The summed E-state index contributed by atoms with van der Waals surface area (Å²) in [5.41, 5.74) is 5.45. The third-order valence-electron chi connectivity index (χ3n) is 6.66. The number of ether oxygens (including phenoxy) is 1. The minimum absolute atomic E-state index is 0.0495. The van der Waals surface area contributed by atoms with Crippen LogP contribution in [0.5, 0.6) is 5.75 Å². The van der Waals surface area contributed by atoms with E-state index in [1.165, 1.54) is 5.56 Å². The molecule has 0 unspecified atom stereocenters. The molecule has 0 amide bonds. The predicted octanol–water partition coefficient (Wildman–Crippen LogP) is 4.08. The Morgan fingerprint density at radius 1 is 1.06 bits per heavy atom. The molecule has 2 aromatic carbocycles. The van der Waals surface area contributed by atoms with Crippen LogP contribution >= 0.6 is 11.6 Å². The second-order valence-electron chi connectivity index (χ2n) is 8.90. The number of hydrogen-bond acceptors (Lipinski definition) is 4. The molecule has 0 saturated carbocycles. The Hall–Kier alpha value is -3.09. The molecule has 7 heteroatoms. The number of imidazole rings is 1. The summed E-state index contributed by atoms with van der Waals surface area (Å²) >= 11 is 6.17. The normalized spacial score (nSPS) is 15.8. The van der Waals surface area contributed by atoms with Crippen molar-refractivity contribution in [3.05, 3.63) is 98.2 Å². The van der Waals surface area contributed by atoms with Gasteiger partial charge in [-0.25, -0.2) is 4.98 Å². The third kappa shape index (κ3) is 3.83. The van der Waals surface area contributed by atoms with Crippen LogP contribution in [-0.2, 0) is 32.5 Å². The maximum absolute atomic E-state index is 13.7. The number of rotatable bonds is 4. The molecular formula is C26H25ClN4O2. The number of benzene rings is 2. The molecule has 6 rings (SSSR count). The molecule has 4 aromatic rings. The molecule has 0 atom stereocenters. The lowest BCUT2D eigenvalue weighted by Gasteiger charge is -2.29. The van der Waals surface area contributed by atoms with Gasteiger partial charge < -0.3 is 4.74 Å². The zero-order chi connectivity index (χ0) is 22.4. The van der Waals surface area contributed by atoms with Gasteiger partial charge in [-0.2, -0.15) is 0 Å². The number of nitrogens with zero attached hydrogens (tertiary/aromatic N) is 4. The van der Waals surface area contributed by atoms with Gasteiger partial charge in [-0.3, -0.25) is 18.7 Å². The molecule has 2 aliphatic rings. The SMILES string of the molecule is O=c1c2c(n3ccnc3n1Cc1ccc3c(c1)CCCO3)CCN(Cc1cccc(Cl)c1)C2. The van der Waals surface area contributed by atoms with Crippen LogP contribution < -0.4 is 10.3 Å². The number of aryl methyl sites for hydroxylation is 1. The first-order valence-electron chi connectivity index (χ1n) is 11.4. The molecule has 0 saturated heterocycles. The Morgan fingerprint density at radius 2 is 1.97 bits per heavy atom. The highest BCUT2D eigenvalue weighted by atomic mass is 35.5. The molecule has 0 bridgehead atoms. The quantitative estimate of drug-likeness (QED) is 0.460. The first-order chi connectivity index (χ1) is 16.2. The van der Waals surface area contributed by atoms with E-state index in [4.69, 9.17) is 16.3 Å². The van der Waals surface area contributed by atoms with E-state index in [0.717, 1.165) is 72.1 Å². The summed E-state index contributed by atoms with van der Waals surface area (Å²) in [7, 11) is 0. The number of aromatic nitrogens is 3. The highest BCUT2D eigenvalue weighted by Crippen LogP contribution is 2.26. The van der Waals surface area contributed by atoms with Gasteiger partial charge in [0.2, 0.25) is 5.78 Å². The molecular weight excluding hydrogens is 436 g/mol. The molecule has 0 aliphatic carbocycles. The summed E-state index contributed by atoms with van der Waals surface area (Å²) < 4.78 is 9.66. The number of hydrogen-bond donors (Lipinski definition) is 0. The van der Waals surface area contributed by atoms with E-state index in [9.17, 15) is 4.79 Å². The Balaban J connectivity index is 1.35. The molecule has 33 heavy (non-hydrogen) atoms. The van der Waals surface area contributed by atoms with Crippen LogP contribution in [0.25, 0.3) is 5.78 Å². The summed E-state index contributed by atoms with van der Waals surface area (Å²) in [5.74, 6) is 1.67. The molecule has 2 aromatic heterocycles. The Bertz CT molecular complexity index is 1410. The van der Waals surface area contributed by atoms with Gasteiger partial charge in [0.25, 0.3) is 5.56 Å². The highest BCUT2D eigenvalue weighted by molar-refractivity contribution is 6.30. The van der Waals surface area contributed by atoms with Crippen molar-refractivity contribution in [1.82, 2.24) is 18.9 Å². The average molecular weight is 461 g/mol. The lowest BCUT2D eigenvalue weighted by molar-refractivity contribution is 0.240. The lowest BCUT2D eigenvalue weighted by atomic mass is 10.0. The van der Waals surface area contributed by atoms with Crippen LogP contribution in [0.1, 0.15) is 34.4 Å². The van der Waals surface area contributed by atoms with Crippen LogP contribution in [0, 0.1) is 0 Å². The molecule has 2 aliphatic heterocycles. The van der Waals surface area contributed by atoms with E-state index in [0.29, 0.717) is 18.9 Å². The molecule has 4 heterocycles. The fourth-order valence-electron chi connectivity index (χ4n) is 5.09. The molecule has 0 spiro atoms. The summed E-state index contributed by atoms with van der Waals surface area (Å²) in [4.78, 5) is 20.6. The zero-order valence-electron chi connectivity index (χ0n) is 18.3. The van der Waals surface area contributed by atoms with Crippen molar-refractivity contribution in [2.24, 2.45) is 0 Å². The number of halogens is 1. The molecule has 0 fully saturated rings. The van der Waals surface area contributed by atoms with Crippen LogP contribution in [0.2, 0.25) is 5.02 Å². The fraction of sp³-hybridized carbons (Fsp3) is 0.308. The second kappa shape index (κ2) is 8.36. The summed E-state index contributed by atoms with van der Waals surface area (Å²) in [5, 5.41) is 0.739. The largest absolute Gasteiger partial charge is 0.493 e. The van der Waals surface area contributed by atoms with Gasteiger partial charge in [0.15, 0.2) is 0 Å². The molecule has 168 valence electrons. The first kappa shape index (κ1) is 20.5. The van der Waals surface area contributed by atoms with Gasteiger partial charge in [0.05, 0.1) is 18.7 Å². The van der Waals surface area contributed by atoms with Crippen molar-refractivity contribution in [2.45, 2.75) is 38.9 Å². The predicted molar refractivity (Wildman–Crippen MR) is 128 cm³/mol. The standard InChI is InChI=1S/C26H25ClN4O2/c27-21-5-1-3-18(14-21)15-29-10-8-23-22(17-29)25(32)31(26-28-9-11-30(23)26)16-19-6-7-24-20(13-19)4-2-12-33-24/h1,3,5-7,9,11,13-14H,2,4,8,10,12,15-17H2. The molecule has 0 radical (unpaired) electrons. The number of fused-ring (bicyclic) bond motifs is 4. The van der Waals surface area contributed by atoms with Gasteiger partial charge >= 0.3 is 0 Å². The van der Waals surface area contributed by atoms with E-state index in [1.54, 1.807) is 6.20 Å². The van der Waals surface area contributed by atoms with E-state index in [2.05, 4.69) is 32.5 Å². The average Bonchev–Trinajstić information content (AvgIpc) is 3.32. The minimum atomic E-state index is 0.0495. The van der Waals surface area contributed by atoms with Crippen molar-refractivity contribution >= 4 is 17.4 Å². The Kier molecular flexibility index (Phi) is 5.19. The maximum Gasteiger partial charge on any atom is 0.259 e. The topological polar surface area (TPSA) is 51.8 Å². The van der Waals surface area contributed by atoms with E-state index < -0.39 is 0 Å². The van der Waals surface area contributed by atoms with Crippen molar-refractivity contribution in [3.8, 4) is 5.75 Å². The van der Waals surface area contributed by atoms with Crippen molar-refractivity contribution in [3.63, 3.8) is 0 Å². The van der Waals surface area contributed by atoms with Gasteiger partial charge in [0, 0.05) is 49.2 Å². The summed E-state index contributed by atoms with van der Waals surface area (Å²) in [6.07, 6.45) is 6.61. The Morgan fingerprint density at radius 3 is 2.88 bits per heavy atom. The smallest absolute Gasteiger partial charge is 0.259 e.